The third-order valence-corrected chi connectivity index (χ3v) is 2.06. The Kier molecular flexibility index (Phi) is 4.44. The van der Waals surface area contributed by atoms with Gasteiger partial charge in [0.15, 0.2) is 0 Å². The molecule has 4 N–H and O–H groups in total. The fraction of sp³-hybridized carbons (Fsp3) is 0.364. The third kappa shape index (κ3) is 3.68. The highest BCUT2D eigenvalue weighted by molar-refractivity contribution is 5.72. The quantitative estimate of drug-likeness (QED) is 0.510. The predicted molar refractivity (Wildman–Crippen MR) is 64.6 cm³/mol. The molecule has 88 valence electrons. The molecule has 5 nitrogen and oxygen atoms in total. The van der Waals surface area contributed by atoms with E-state index in [1.807, 2.05) is 12.1 Å². The molecular weight excluding hydrogens is 206 g/mol. The summed E-state index contributed by atoms with van der Waals surface area (Å²) < 4.78 is 5.10. The summed E-state index contributed by atoms with van der Waals surface area (Å²) in [6, 6.07) is 5.47. The van der Waals surface area contributed by atoms with Gasteiger partial charge >= 0.3 is 0 Å². The number of hydrogen-bond acceptors (Lipinski definition) is 4. The van der Waals surface area contributed by atoms with E-state index in [2.05, 4.69) is 10.6 Å². The van der Waals surface area contributed by atoms with Crippen LogP contribution in [0.15, 0.2) is 18.2 Å². The van der Waals surface area contributed by atoms with Crippen molar-refractivity contribution in [3.63, 3.8) is 0 Å². The Hall–Kier alpha value is -1.91. The second-order valence-corrected chi connectivity index (χ2v) is 3.37. The highest BCUT2D eigenvalue weighted by Crippen LogP contribution is 2.24. The maximum Gasteiger partial charge on any atom is 0.216 e. The molecule has 0 aliphatic carbocycles. The lowest BCUT2D eigenvalue weighted by Crippen LogP contribution is -2.26. The Morgan fingerprint density at radius 2 is 2.19 bits per heavy atom. The summed E-state index contributed by atoms with van der Waals surface area (Å²) in [4.78, 5) is 10.6. The molecule has 0 aliphatic rings. The van der Waals surface area contributed by atoms with Crippen LogP contribution >= 0.6 is 0 Å². The van der Waals surface area contributed by atoms with Gasteiger partial charge in [-0.2, -0.15) is 0 Å². The van der Waals surface area contributed by atoms with Gasteiger partial charge in [0.05, 0.1) is 12.8 Å². The molecule has 0 aliphatic heterocycles. The Balaban J connectivity index is 2.45. The van der Waals surface area contributed by atoms with Crippen LogP contribution in [0, 0.1) is 0 Å². The van der Waals surface area contributed by atoms with Crippen LogP contribution < -0.4 is 21.1 Å². The summed E-state index contributed by atoms with van der Waals surface area (Å²) in [6.07, 6.45) is 0. The summed E-state index contributed by atoms with van der Waals surface area (Å²) in [7, 11) is 1.58. The molecule has 0 atom stereocenters. The van der Waals surface area contributed by atoms with Crippen molar-refractivity contribution in [1.82, 2.24) is 5.32 Å². The minimum absolute atomic E-state index is 0.0308. The number of carbonyl (C=O) groups is 1. The van der Waals surface area contributed by atoms with E-state index in [1.54, 1.807) is 13.2 Å². The van der Waals surface area contributed by atoms with Crippen LogP contribution in [0.25, 0.3) is 0 Å². The van der Waals surface area contributed by atoms with Crippen molar-refractivity contribution in [1.29, 1.82) is 0 Å². The number of nitrogens with one attached hydrogen (secondary N) is 2. The smallest absolute Gasteiger partial charge is 0.216 e. The van der Waals surface area contributed by atoms with Gasteiger partial charge in [0.2, 0.25) is 5.91 Å². The van der Waals surface area contributed by atoms with E-state index < -0.39 is 0 Å². The summed E-state index contributed by atoms with van der Waals surface area (Å²) in [6.45, 7) is 2.74. The summed E-state index contributed by atoms with van der Waals surface area (Å²) in [5, 5.41) is 5.85. The number of anilines is 2. The first-order valence-corrected chi connectivity index (χ1v) is 5.05. The molecule has 0 bridgehead atoms. The van der Waals surface area contributed by atoms with Crippen molar-refractivity contribution >= 4 is 17.3 Å². The minimum atomic E-state index is -0.0308. The number of carbonyl (C=O) groups excluding carboxylic acids is 1. The molecule has 0 radical (unpaired) electrons. The monoisotopic (exact) mass is 223 g/mol. The average Bonchev–Trinajstić information content (AvgIpc) is 2.26. The first-order valence-electron chi connectivity index (χ1n) is 5.05. The molecule has 1 aromatic rings. The van der Waals surface area contributed by atoms with Gasteiger partial charge in [-0.05, 0) is 12.1 Å². The number of hydrogen-bond donors (Lipinski definition) is 3. The first-order chi connectivity index (χ1) is 7.63. The molecule has 16 heavy (non-hydrogen) atoms. The second kappa shape index (κ2) is 5.85. The van der Waals surface area contributed by atoms with Gasteiger partial charge in [-0.15, -0.1) is 0 Å². The van der Waals surface area contributed by atoms with Gasteiger partial charge in [-0.25, -0.2) is 0 Å². The highest BCUT2D eigenvalue weighted by atomic mass is 16.5. The number of nitrogens with two attached hydrogens (primary N) is 1. The Morgan fingerprint density at radius 3 is 2.81 bits per heavy atom. The highest BCUT2D eigenvalue weighted by Gasteiger charge is 2.00. The van der Waals surface area contributed by atoms with Gasteiger partial charge in [0.1, 0.15) is 5.75 Å². The number of nitrogen functional groups attached to an aromatic ring is 1. The summed E-state index contributed by atoms with van der Waals surface area (Å²) >= 11 is 0. The second-order valence-electron chi connectivity index (χ2n) is 3.37. The van der Waals surface area contributed by atoms with Gasteiger partial charge in [0.25, 0.3) is 0 Å². The van der Waals surface area contributed by atoms with Crippen LogP contribution in [0.4, 0.5) is 11.4 Å². The van der Waals surface area contributed by atoms with E-state index in [0.717, 1.165) is 5.69 Å². The number of methoxy groups -OCH3 is 1. The molecule has 5 heteroatoms. The normalized spacial score (nSPS) is 9.62. The fourth-order valence-corrected chi connectivity index (χ4v) is 1.27. The zero-order valence-corrected chi connectivity index (χ0v) is 9.54. The third-order valence-electron chi connectivity index (χ3n) is 2.06. The zero-order chi connectivity index (χ0) is 12.0. The van der Waals surface area contributed by atoms with Crippen molar-refractivity contribution in [3.05, 3.63) is 18.2 Å². The van der Waals surface area contributed by atoms with Crippen LogP contribution in [-0.2, 0) is 4.79 Å². The lowest BCUT2D eigenvalue weighted by Gasteiger charge is -2.09. The zero-order valence-electron chi connectivity index (χ0n) is 9.54. The summed E-state index contributed by atoms with van der Waals surface area (Å²) in [5.41, 5.74) is 7.20. The number of amides is 1. The van der Waals surface area contributed by atoms with Gasteiger partial charge in [0, 0.05) is 31.8 Å². The molecule has 0 saturated carbocycles. The molecule has 0 heterocycles. The van der Waals surface area contributed by atoms with Crippen LogP contribution in [-0.4, -0.2) is 26.1 Å². The maximum atomic E-state index is 10.6. The topological polar surface area (TPSA) is 76.4 Å². The molecule has 0 spiro atoms. The van der Waals surface area contributed by atoms with Gasteiger partial charge in [-0.3, -0.25) is 4.79 Å². The largest absolute Gasteiger partial charge is 0.495 e. The lowest BCUT2D eigenvalue weighted by molar-refractivity contribution is -0.118. The van der Waals surface area contributed by atoms with Gasteiger partial charge < -0.3 is 21.1 Å². The van der Waals surface area contributed by atoms with E-state index in [9.17, 15) is 4.79 Å². The first kappa shape index (κ1) is 12.2. The van der Waals surface area contributed by atoms with Gasteiger partial charge in [-0.1, -0.05) is 0 Å². The van der Waals surface area contributed by atoms with E-state index in [-0.39, 0.29) is 5.91 Å². The Morgan fingerprint density at radius 1 is 1.44 bits per heavy atom. The molecule has 1 amide bonds. The van der Waals surface area contributed by atoms with E-state index >= 15 is 0 Å². The van der Waals surface area contributed by atoms with E-state index in [4.69, 9.17) is 10.5 Å². The van der Waals surface area contributed by atoms with Crippen molar-refractivity contribution < 1.29 is 9.53 Å². The molecule has 0 aromatic heterocycles. The number of rotatable bonds is 5. The average molecular weight is 223 g/mol. The number of benzene rings is 1. The van der Waals surface area contributed by atoms with Crippen molar-refractivity contribution in [2.75, 3.05) is 31.2 Å². The summed E-state index contributed by atoms with van der Waals surface area (Å²) in [5.74, 6) is 0.612. The van der Waals surface area contributed by atoms with Crippen molar-refractivity contribution in [2.45, 2.75) is 6.92 Å². The van der Waals surface area contributed by atoms with Crippen molar-refractivity contribution in [3.8, 4) is 5.75 Å². The standard InChI is InChI=1S/C11H17N3O2/c1-8(15)13-5-6-14-9-3-4-10(12)11(7-9)16-2/h3-4,7,14H,5-6,12H2,1-2H3,(H,13,15). The fourth-order valence-electron chi connectivity index (χ4n) is 1.27. The lowest BCUT2D eigenvalue weighted by atomic mass is 10.2. The maximum absolute atomic E-state index is 10.6. The predicted octanol–water partition coefficient (Wildman–Crippen LogP) is 0.825. The van der Waals surface area contributed by atoms with Crippen molar-refractivity contribution in [2.24, 2.45) is 0 Å². The van der Waals surface area contributed by atoms with E-state index in [0.29, 0.717) is 24.5 Å². The van der Waals surface area contributed by atoms with Crippen LogP contribution in [0.3, 0.4) is 0 Å². The molecule has 1 aromatic carbocycles. The van der Waals surface area contributed by atoms with Crippen LogP contribution in [0.1, 0.15) is 6.92 Å². The van der Waals surface area contributed by atoms with Crippen LogP contribution in [0.5, 0.6) is 5.75 Å². The molecule has 1 rings (SSSR count). The molecule has 0 fully saturated rings. The molecule has 0 unspecified atom stereocenters. The Bertz CT molecular complexity index is 366. The van der Waals surface area contributed by atoms with E-state index in [1.165, 1.54) is 6.92 Å². The molecular formula is C11H17N3O2. The Labute approximate surface area is 95.0 Å². The number of ether oxygens (including phenoxy) is 1. The van der Waals surface area contributed by atoms with Crippen LogP contribution in [0.2, 0.25) is 0 Å². The SMILES string of the molecule is COc1cc(NCCNC(C)=O)ccc1N. The minimum Gasteiger partial charge on any atom is -0.495 e. The molecule has 0 saturated heterocycles.